The lowest BCUT2D eigenvalue weighted by Crippen LogP contribution is -2.29. The zero-order valence-corrected chi connectivity index (χ0v) is 10.2. The molecule has 4 heteroatoms. The van der Waals surface area contributed by atoms with Crippen LogP contribution in [0, 0.1) is 11.3 Å². The number of rotatable bonds is 5. The highest BCUT2D eigenvalue weighted by Crippen LogP contribution is 2.18. The summed E-state index contributed by atoms with van der Waals surface area (Å²) in [6.07, 6.45) is 0. The molecule has 1 aromatic carbocycles. The fourth-order valence-corrected chi connectivity index (χ4v) is 1.39. The number of nitrogens with one attached hydrogen (secondary N) is 2. The lowest BCUT2D eigenvalue weighted by atomic mass is 10.0. The standard InChI is InChI=1S/C13H17N3O/c1-10(2)11-4-3-5-12(8-11)16-9-13(17)15-7-6-14/h3-5,8,10,16H,7,9H2,1-2H3,(H,15,17). The maximum atomic E-state index is 11.3. The van der Waals surface area contributed by atoms with Crippen LogP contribution in [-0.2, 0) is 4.79 Å². The van der Waals surface area contributed by atoms with E-state index >= 15 is 0 Å². The molecule has 0 heterocycles. The number of nitriles is 1. The molecule has 0 saturated carbocycles. The molecule has 0 aromatic heterocycles. The maximum absolute atomic E-state index is 11.3. The third kappa shape index (κ3) is 4.56. The molecule has 4 nitrogen and oxygen atoms in total. The van der Waals surface area contributed by atoms with E-state index in [0.29, 0.717) is 5.92 Å². The summed E-state index contributed by atoms with van der Waals surface area (Å²) in [7, 11) is 0. The molecule has 0 aliphatic rings. The van der Waals surface area contributed by atoms with Gasteiger partial charge in [-0.3, -0.25) is 4.79 Å². The van der Waals surface area contributed by atoms with Crippen LogP contribution in [0.3, 0.4) is 0 Å². The first-order valence-electron chi connectivity index (χ1n) is 5.61. The number of hydrogen-bond acceptors (Lipinski definition) is 3. The second-order valence-corrected chi connectivity index (χ2v) is 4.07. The molecule has 0 atom stereocenters. The van der Waals surface area contributed by atoms with Crippen molar-refractivity contribution in [2.75, 3.05) is 18.4 Å². The minimum absolute atomic E-state index is 0.0482. The summed E-state index contributed by atoms with van der Waals surface area (Å²) in [5, 5.41) is 13.8. The number of nitrogens with zero attached hydrogens (tertiary/aromatic N) is 1. The zero-order chi connectivity index (χ0) is 12.7. The van der Waals surface area contributed by atoms with Gasteiger partial charge in [0.2, 0.25) is 5.91 Å². The normalized spacial score (nSPS) is 9.76. The Labute approximate surface area is 102 Å². The van der Waals surface area contributed by atoms with E-state index in [1.807, 2.05) is 24.3 Å². The van der Waals surface area contributed by atoms with Crippen molar-refractivity contribution < 1.29 is 4.79 Å². The summed E-state index contributed by atoms with van der Waals surface area (Å²) in [6.45, 7) is 4.48. The fourth-order valence-electron chi connectivity index (χ4n) is 1.39. The average Bonchev–Trinajstić information content (AvgIpc) is 2.34. The lowest BCUT2D eigenvalue weighted by molar-refractivity contribution is -0.119. The van der Waals surface area contributed by atoms with E-state index in [4.69, 9.17) is 5.26 Å². The monoisotopic (exact) mass is 231 g/mol. The molecule has 90 valence electrons. The Morgan fingerprint density at radius 2 is 2.24 bits per heavy atom. The van der Waals surface area contributed by atoms with E-state index in [1.54, 1.807) is 0 Å². The summed E-state index contributed by atoms with van der Waals surface area (Å²) in [5.41, 5.74) is 2.15. The predicted octanol–water partition coefficient (Wildman–Crippen LogP) is 1.86. The Kier molecular flexibility index (Phi) is 5.02. The van der Waals surface area contributed by atoms with Crippen LogP contribution in [0.4, 0.5) is 5.69 Å². The minimum Gasteiger partial charge on any atom is -0.376 e. The predicted molar refractivity (Wildman–Crippen MR) is 67.6 cm³/mol. The van der Waals surface area contributed by atoms with Gasteiger partial charge in [-0.1, -0.05) is 26.0 Å². The number of benzene rings is 1. The van der Waals surface area contributed by atoms with Gasteiger partial charge >= 0.3 is 0 Å². The number of carbonyl (C=O) groups is 1. The van der Waals surface area contributed by atoms with Crippen LogP contribution < -0.4 is 10.6 Å². The van der Waals surface area contributed by atoms with E-state index in [1.165, 1.54) is 5.56 Å². The van der Waals surface area contributed by atoms with E-state index < -0.39 is 0 Å². The number of carbonyl (C=O) groups excluding carboxylic acids is 1. The van der Waals surface area contributed by atoms with Crippen LogP contribution in [0.2, 0.25) is 0 Å². The van der Waals surface area contributed by atoms with E-state index in [0.717, 1.165) is 5.69 Å². The van der Waals surface area contributed by atoms with Crippen LogP contribution in [-0.4, -0.2) is 19.0 Å². The first kappa shape index (κ1) is 13.0. The first-order valence-corrected chi connectivity index (χ1v) is 5.61. The van der Waals surface area contributed by atoms with Gasteiger partial charge in [-0.2, -0.15) is 5.26 Å². The Bertz CT molecular complexity index is 421. The second-order valence-electron chi connectivity index (χ2n) is 4.07. The highest BCUT2D eigenvalue weighted by molar-refractivity contribution is 5.80. The van der Waals surface area contributed by atoms with Gasteiger partial charge in [-0.05, 0) is 23.6 Å². The second kappa shape index (κ2) is 6.54. The van der Waals surface area contributed by atoms with E-state index in [2.05, 4.69) is 30.5 Å². The minimum atomic E-state index is -0.179. The molecule has 0 bridgehead atoms. The summed E-state index contributed by atoms with van der Waals surface area (Å²) in [6, 6.07) is 9.84. The van der Waals surface area contributed by atoms with Gasteiger partial charge in [0.05, 0.1) is 12.6 Å². The Balaban J connectivity index is 2.49. The summed E-state index contributed by atoms with van der Waals surface area (Å²) >= 11 is 0. The molecule has 0 fully saturated rings. The summed E-state index contributed by atoms with van der Waals surface area (Å²) < 4.78 is 0. The third-order valence-electron chi connectivity index (χ3n) is 2.37. The summed E-state index contributed by atoms with van der Waals surface area (Å²) in [5.74, 6) is 0.283. The molecular formula is C13H17N3O. The fraction of sp³-hybridized carbons (Fsp3) is 0.385. The molecule has 17 heavy (non-hydrogen) atoms. The molecule has 0 aliphatic heterocycles. The first-order chi connectivity index (χ1) is 8.13. The number of hydrogen-bond donors (Lipinski definition) is 2. The lowest BCUT2D eigenvalue weighted by Gasteiger charge is -2.09. The van der Waals surface area contributed by atoms with E-state index in [-0.39, 0.29) is 19.0 Å². The van der Waals surface area contributed by atoms with Crippen molar-refractivity contribution in [1.82, 2.24) is 5.32 Å². The van der Waals surface area contributed by atoms with Crippen LogP contribution >= 0.6 is 0 Å². The molecule has 0 spiro atoms. The molecule has 0 aliphatic carbocycles. The average molecular weight is 231 g/mol. The molecule has 1 amide bonds. The van der Waals surface area contributed by atoms with Gasteiger partial charge in [-0.25, -0.2) is 0 Å². The molecular weight excluding hydrogens is 214 g/mol. The van der Waals surface area contributed by atoms with Gasteiger partial charge in [0.25, 0.3) is 0 Å². The topological polar surface area (TPSA) is 64.9 Å². The van der Waals surface area contributed by atoms with Crippen molar-refractivity contribution in [1.29, 1.82) is 5.26 Å². The van der Waals surface area contributed by atoms with Gasteiger partial charge in [0.1, 0.15) is 6.54 Å². The Morgan fingerprint density at radius 1 is 1.47 bits per heavy atom. The Hall–Kier alpha value is -2.02. The van der Waals surface area contributed by atoms with Crippen LogP contribution in [0.5, 0.6) is 0 Å². The zero-order valence-electron chi connectivity index (χ0n) is 10.2. The van der Waals surface area contributed by atoms with Gasteiger partial charge < -0.3 is 10.6 Å². The van der Waals surface area contributed by atoms with Crippen LogP contribution in [0.1, 0.15) is 25.3 Å². The van der Waals surface area contributed by atoms with Crippen molar-refractivity contribution in [3.63, 3.8) is 0 Å². The van der Waals surface area contributed by atoms with Gasteiger partial charge in [0, 0.05) is 5.69 Å². The molecule has 1 rings (SSSR count). The molecule has 0 unspecified atom stereocenters. The summed E-state index contributed by atoms with van der Waals surface area (Å²) in [4.78, 5) is 11.3. The quantitative estimate of drug-likeness (QED) is 0.760. The Morgan fingerprint density at radius 3 is 2.88 bits per heavy atom. The van der Waals surface area contributed by atoms with Crippen molar-refractivity contribution in [3.8, 4) is 6.07 Å². The maximum Gasteiger partial charge on any atom is 0.240 e. The highest BCUT2D eigenvalue weighted by atomic mass is 16.1. The van der Waals surface area contributed by atoms with Gasteiger partial charge in [0.15, 0.2) is 0 Å². The van der Waals surface area contributed by atoms with Crippen molar-refractivity contribution in [3.05, 3.63) is 29.8 Å². The molecule has 0 saturated heterocycles. The SMILES string of the molecule is CC(C)c1cccc(NCC(=O)NCC#N)c1. The molecule has 1 aromatic rings. The largest absolute Gasteiger partial charge is 0.376 e. The number of anilines is 1. The highest BCUT2D eigenvalue weighted by Gasteiger charge is 2.02. The smallest absolute Gasteiger partial charge is 0.240 e. The third-order valence-corrected chi connectivity index (χ3v) is 2.37. The van der Waals surface area contributed by atoms with Crippen LogP contribution in [0.15, 0.2) is 24.3 Å². The molecule has 2 N–H and O–H groups in total. The van der Waals surface area contributed by atoms with Crippen molar-refractivity contribution in [2.45, 2.75) is 19.8 Å². The molecule has 0 radical (unpaired) electrons. The van der Waals surface area contributed by atoms with Crippen LogP contribution in [0.25, 0.3) is 0 Å². The van der Waals surface area contributed by atoms with Gasteiger partial charge in [-0.15, -0.1) is 0 Å². The van der Waals surface area contributed by atoms with Crippen molar-refractivity contribution in [2.24, 2.45) is 0 Å². The number of amides is 1. The van der Waals surface area contributed by atoms with Crippen molar-refractivity contribution >= 4 is 11.6 Å². The van der Waals surface area contributed by atoms with E-state index in [9.17, 15) is 4.79 Å².